The van der Waals surface area contributed by atoms with E-state index in [1.54, 1.807) is 0 Å². The number of rotatable bonds is 0. The molecule has 84 valence electrons. The fourth-order valence-corrected chi connectivity index (χ4v) is 1.71. The van der Waals surface area contributed by atoms with Gasteiger partial charge in [-0.15, -0.1) is 0 Å². The number of nitrogens with one attached hydrogen (secondary N) is 1. The summed E-state index contributed by atoms with van der Waals surface area (Å²) in [5.41, 5.74) is -1.68. The Hall–Kier alpha value is -1.49. The molecular formula is C10H5ClF3NO. The van der Waals surface area contributed by atoms with Crippen molar-refractivity contribution in [1.29, 1.82) is 0 Å². The van der Waals surface area contributed by atoms with E-state index in [1.807, 2.05) is 0 Å². The van der Waals surface area contributed by atoms with Gasteiger partial charge in [-0.25, -0.2) is 0 Å². The minimum absolute atomic E-state index is 0.00370. The van der Waals surface area contributed by atoms with E-state index in [4.69, 9.17) is 11.6 Å². The first-order valence-corrected chi connectivity index (χ1v) is 4.66. The third-order valence-electron chi connectivity index (χ3n) is 2.17. The van der Waals surface area contributed by atoms with Crippen LogP contribution in [0.25, 0.3) is 10.9 Å². The number of alkyl halides is 3. The molecule has 0 radical (unpaired) electrons. The summed E-state index contributed by atoms with van der Waals surface area (Å²) in [5, 5.41) is -0.344. The molecule has 0 aliphatic heterocycles. The summed E-state index contributed by atoms with van der Waals surface area (Å²) in [7, 11) is 0. The van der Waals surface area contributed by atoms with Crippen LogP contribution in [-0.2, 0) is 6.18 Å². The highest BCUT2D eigenvalue weighted by atomic mass is 35.5. The topological polar surface area (TPSA) is 32.9 Å². The second-order valence-electron chi connectivity index (χ2n) is 3.18. The van der Waals surface area contributed by atoms with Crippen molar-refractivity contribution in [2.45, 2.75) is 6.18 Å². The molecule has 2 rings (SSSR count). The molecule has 6 heteroatoms. The van der Waals surface area contributed by atoms with E-state index in [1.165, 1.54) is 6.20 Å². The van der Waals surface area contributed by atoms with Crippen LogP contribution in [0.3, 0.4) is 0 Å². The van der Waals surface area contributed by atoms with Crippen LogP contribution in [0.5, 0.6) is 0 Å². The van der Waals surface area contributed by atoms with Gasteiger partial charge in [-0.05, 0) is 12.1 Å². The summed E-state index contributed by atoms with van der Waals surface area (Å²) in [5.74, 6) is 0. The Balaban J connectivity index is 2.99. The van der Waals surface area contributed by atoms with E-state index >= 15 is 0 Å². The maximum atomic E-state index is 12.6. The highest BCUT2D eigenvalue weighted by Crippen LogP contribution is 2.34. The van der Waals surface area contributed by atoms with Gasteiger partial charge < -0.3 is 4.98 Å². The second-order valence-corrected chi connectivity index (χ2v) is 3.59. The number of hydrogen-bond acceptors (Lipinski definition) is 1. The second kappa shape index (κ2) is 3.52. The van der Waals surface area contributed by atoms with E-state index in [0.29, 0.717) is 0 Å². The molecular weight excluding hydrogens is 243 g/mol. The molecule has 0 spiro atoms. The van der Waals surface area contributed by atoms with Crippen LogP contribution in [0, 0.1) is 0 Å². The van der Waals surface area contributed by atoms with Crippen LogP contribution in [0.1, 0.15) is 5.56 Å². The maximum absolute atomic E-state index is 12.6. The Kier molecular flexibility index (Phi) is 2.42. The molecule has 0 saturated heterocycles. The smallest absolute Gasteiger partial charge is 0.360 e. The van der Waals surface area contributed by atoms with Gasteiger partial charge in [-0.2, -0.15) is 13.2 Å². The van der Waals surface area contributed by atoms with E-state index in [0.717, 1.165) is 18.2 Å². The lowest BCUT2D eigenvalue weighted by Crippen LogP contribution is -2.12. The predicted molar refractivity (Wildman–Crippen MR) is 54.6 cm³/mol. The molecule has 0 aliphatic carbocycles. The molecule has 2 nitrogen and oxygen atoms in total. The van der Waals surface area contributed by atoms with E-state index in [-0.39, 0.29) is 10.5 Å². The molecule has 0 saturated carbocycles. The van der Waals surface area contributed by atoms with Gasteiger partial charge in [0.25, 0.3) is 0 Å². The van der Waals surface area contributed by atoms with Crippen molar-refractivity contribution in [3.8, 4) is 0 Å². The molecule has 1 N–H and O–H groups in total. The van der Waals surface area contributed by atoms with Crippen molar-refractivity contribution < 1.29 is 13.2 Å². The van der Waals surface area contributed by atoms with Gasteiger partial charge in [0.2, 0.25) is 0 Å². The maximum Gasteiger partial charge on any atom is 0.417 e. The monoisotopic (exact) mass is 247 g/mol. The number of pyridine rings is 1. The first kappa shape index (κ1) is 11.0. The largest absolute Gasteiger partial charge is 0.417 e. The average molecular weight is 248 g/mol. The number of fused-ring (bicyclic) bond motifs is 1. The Morgan fingerprint density at radius 3 is 2.50 bits per heavy atom. The lowest BCUT2D eigenvalue weighted by Gasteiger charge is -2.10. The lowest BCUT2D eigenvalue weighted by atomic mass is 10.1. The Morgan fingerprint density at radius 2 is 1.88 bits per heavy atom. The first-order valence-electron chi connectivity index (χ1n) is 4.28. The summed E-state index contributed by atoms with van der Waals surface area (Å²) in [6.07, 6.45) is -3.31. The Morgan fingerprint density at radius 1 is 1.19 bits per heavy atom. The first-order chi connectivity index (χ1) is 7.41. The van der Waals surface area contributed by atoms with Crippen LogP contribution in [0.15, 0.2) is 29.2 Å². The van der Waals surface area contributed by atoms with Gasteiger partial charge in [0, 0.05) is 12.3 Å². The van der Waals surface area contributed by atoms with Crippen molar-refractivity contribution in [1.82, 2.24) is 4.98 Å². The fraction of sp³-hybridized carbons (Fsp3) is 0.100. The summed E-state index contributed by atoms with van der Waals surface area (Å²) in [6, 6.07) is 2.95. The molecule has 16 heavy (non-hydrogen) atoms. The van der Waals surface area contributed by atoms with Gasteiger partial charge >= 0.3 is 6.18 Å². The van der Waals surface area contributed by atoms with Crippen LogP contribution >= 0.6 is 11.6 Å². The third-order valence-corrected chi connectivity index (χ3v) is 2.48. The third kappa shape index (κ3) is 1.67. The van der Waals surface area contributed by atoms with Crippen LogP contribution in [0.4, 0.5) is 13.2 Å². The van der Waals surface area contributed by atoms with E-state index < -0.39 is 22.6 Å². The van der Waals surface area contributed by atoms with Crippen LogP contribution in [0.2, 0.25) is 5.02 Å². The van der Waals surface area contributed by atoms with Crippen LogP contribution < -0.4 is 5.43 Å². The molecule has 0 amide bonds. The van der Waals surface area contributed by atoms with E-state index in [9.17, 15) is 18.0 Å². The lowest BCUT2D eigenvalue weighted by molar-refractivity contribution is -0.136. The highest BCUT2D eigenvalue weighted by molar-refractivity contribution is 6.35. The van der Waals surface area contributed by atoms with Crippen LogP contribution in [-0.4, -0.2) is 4.98 Å². The quantitative estimate of drug-likeness (QED) is 0.762. The van der Waals surface area contributed by atoms with Gasteiger partial charge in [-0.3, -0.25) is 4.79 Å². The zero-order valence-corrected chi connectivity index (χ0v) is 8.49. The number of hydrogen-bond donors (Lipinski definition) is 1. The Bertz CT molecular complexity index is 603. The Labute approximate surface area is 92.7 Å². The molecule has 0 bridgehead atoms. The summed E-state index contributed by atoms with van der Waals surface area (Å²) in [6.45, 7) is 0. The summed E-state index contributed by atoms with van der Waals surface area (Å²) in [4.78, 5) is 14.0. The van der Waals surface area contributed by atoms with Crippen molar-refractivity contribution in [2.24, 2.45) is 0 Å². The number of aromatic amines is 1. The summed E-state index contributed by atoms with van der Waals surface area (Å²) < 4.78 is 37.9. The molecule has 1 aromatic heterocycles. The number of aromatic nitrogens is 1. The minimum Gasteiger partial charge on any atom is -0.360 e. The van der Waals surface area contributed by atoms with Crippen molar-refractivity contribution in [3.63, 3.8) is 0 Å². The summed E-state index contributed by atoms with van der Waals surface area (Å²) >= 11 is 5.71. The highest BCUT2D eigenvalue weighted by Gasteiger charge is 2.33. The van der Waals surface area contributed by atoms with Crippen molar-refractivity contribution >= 4 is 22.5 Å². The molecule has 2 aromatic rings. The SMILES string of the molecule is O=c1cc[nH]c2c(Cl)ccc(C(F)(F)F)c12. The van der Waals surface area contributed by atoms with Gasteiger partial charge in [0.1, 0.15) is 0 Å². The predicted octanol–water partition coefficient (Wildman–Crippen LogP) is 3.20. The fourth-order valence-electron chi connectivity index (χ4n) is 1.49. The minimum atomic E-state index is -4.57. The normalized spacial score (nSPS) is 12.0. The number of benzene rings is 1. The molecule has 1 aromatic carbocycles. The molecule has 0 unspecified atom stereocenters. The van der Waals surface area contributed by atoms with Crippen molar-refractivity contribution in [3.05, 3.63) is 45.2 Å². The molecule has 1 heterocycles. The number of halogens is 4. The molecule has 0 atom stereocenters. The molecule has 0 fully saturated rings. The standard InChI is InChI=1S/C10H5ClF3NO/c11-6-2-1-5(10(12,13)14)8-7(16)3-4-15-9(6)8/h1-4H,(H,15,16). The number of H-pyrrole nitrogens is 1. The van der Waals surface area contributed by atoms with Gasteiger partial charge in [0.05, 0.1) is 21.5 Å². The molecule has 0 aliphatic rings. The van der Waals surface area contributed by atoms with E-state index in [2.05, 4.69) is 4.98 Å². The van der Waals surface area contributed by atoms with Gasteiger partial charge in [-0.1, -0.05) is 11.6 Å². The average Bonchev–Trinajstić information content (AvgIpc) is 2.18. The zero-order valence-electron chi connectivity index (χ0n) is 7.73. The zero-order chi connectivity index (χ0) is 11.9. The van der Waals surface area contributed by atoms with Crippen molar-refractivity contribution in [2.75, 3.05) is 0 Å². The van der Waals surface area contributed by atoms with Gasteiger partial charge in [0.15, 0.2) is 5.43 Å².